The van der Waals surface area contributed by atoms with E-state index in [4.69, 9.17) is 4.74 Å². The Morgan fingerprint density at radius 1 is 1.36 bits per heavy atom. The Morgan fingerprint density at radius 2 is 2.00 bits per heavy atom. The smallest absolute Gasteiger partial charge is 0.394 e. The number of likely N-dealkylation sites (tertiary alicyclic amines) is 1. The third-order valence-electron chi connectivity index (χ3n) is 4.85. The molecule has 2 saturated heterocycles. The summed E-state index contributed by atoms with van der Waals surface area (Å²) in [5, 5.41) is 9.49. The van der Waals surface area contributed by atoms with Crippen molar-refractivity contribution in [1.29, 1.82) is 0 Å². The molecule has 0 aromatic heterocycles. The van der Waals surface area contributed by atoms with Crippen molar-refractivity contribution in [2.75, 3.05) is 26.3 Å². The number of carbonyl (C=O) groups excluding carboxylic acids is 1. The fourth-order valence-electron chi connectivity index (χ4n) is 3.08. The van der Waals surface area contributed by atoms with Gasteiger partial charge in [0.25, 0.3) is 0 Å². The van der Waals surface area contributed by atoms with Gasteiger partial charge in [-0.1, -0.05) is 13.8 Å². The van der Waals surface area contributed by atoms with Gasteiger partial charge in [-0.25, -0.2) is 0 Å². The minimum Gasteiger partial charge on any atom is -0.481 e. The molecule has 2 aliphatic rings. The van der Waals surface area contributed by atoms with E-state index in [0.29, 0.717) is 6.61 Å². The van der Waals surface area contributed by atoms with Gasteiger partial charge >= 0.3 is 12.1 Å². The Labute approximate surface area is 126 Å². The molecule has 0 radical (unpaired) electrons. The van der Waals surface area contributed by atoms with E-state index in [9.17, 15) is 27.9 Å². The van der Waals surface area contributed by atoms with Crippen molar-refractivity contribution in [2.45, 2.75) is 32.9 Å². The summed E-state index contributed by atoms with van der Waals surface area (Å²) in [6, 6.07) is 0. The average molecular weight is 323 g/mol. The maximum absolute atomic E-state index is 12.9. The van der Waals surface area contributed by atoms with Crippen LogP contribution >= 0.6 is 0 Å². The molecule has 126 valence electrons. The van der Waals surface area contributed by atoms with E-state index < -0.39 is 35.3 Å². The van der Waals surface area contributed by atoms with Crippen LogP contribution in [0.1, 0.15) is 26.7 Å². The Morgan fingerprint density at radius 3 is 2.50 bits per heavy atom. The molecule has 0 spiro atoms. The molecule has 1 amide bonds. The Bertz CT molecular complexity index is 477. The first-order valence-electron chi connectivity index (χ1n) is 7.15. The second-order valence-electron chi connectivity index (χ2n) is 6.82. The maximum Gasteiger partial charge on any atom is 0.394 e. The Kier molecular flexibility index (Phi) is 4.18. The highest BCUT2D eigenvalue weighted by atomic mass is 19.4. The monoisotopic (exact) mass is 323 g/mol. The number of aliphatic carboxylic acids is 1. The van der Waals surface area contributed by atoms with Crippen LogP contribution in [0.4, 0.5) is 13.2 Å². The lowest BCUT2D eigenvalue weighted by Gasteiger charge is -2.34. The van der Waals surface area contributed by atoms with Crippen molar-refractivity contribution in [2.24, 2.45) is 16.7 Å². The highest BCUT2D eigenvalue weighted by Crippen LogP contribution is 2.45. The number of ether oxygens (including phenoxy) is 1. The molecule has 8 heteroatoms. The van der Waals surface area contributed by atoms with Gasteiger partial charge < -0.3 is 14.7 Å². The summed E-state index contributed by atoms with van der Waals surface area (Å²) in [6.07, 6.45) is -4.89. The zero-order valence-corrected chi connectivity index (χ0v) is 12.6. The molecule has 2 aliphatic heterocycles. The van der Waals surface area contributed by atoms with Crippen LogP contribution in [-0.4, -0.2) is 54.4 Å². The van der Waals surface area contributed by atoms with Crippen molar-refractivity contribution in [3.8, 4) is 0 Å². The van der Waals surface area contributed by atoms with Gasteiger partial charge in [0.2, 0.25) is 5.91 Å². The largest absolute Gasteiger partial charge is 0.481 e. The summed E-state index contributed by atoms with van der Waals surface area (Å²) in [5.74, 6) is -2.03. The number of halogens is 3. The molecule has 0 saturated carbocycles. The van der Waals surface area contributed by atoms with E-state index in [1.165, 1.54) is 4.90 Å². The van der Waals surface area contributed by atoms with Crippen LogP contribution in [0, 0.1) is 16.7 Å². The quantitative estimate of drug-likeness (QED) is 0.862. The van der Waals surface area contributed by atoms with Crippen molar-refractivity contribution >= 4 is 11.9 Å². The van der Waals surface area contributed by atoms with E-state index in [0.717, 1.165) is 13.8 Å². The van der Waals surface area contributed by atoms with Crippen molar-refractivity contribution in [3.05, 3.63) is 0 Å². The van der Waals surface area contributed by atoms with Gasteiger partial charge in [-0.05, 0) is 6.42 Å². The van der Waals surface area contributed by atoms with Gasteiger partial charge in [-0.3, -0.25) is 9.59 Å². The SMILES string of the molecule is CC(C)(CC(=O)N1C[C@H]2COCC[C@@]2(C(=O)O)C1)C(F)(F)F. The maximum atomic E-state index is 12.9. The summed E-state index contributed by atoms with van der Waals surface area (Å²) >= 11 is 0. The summed E-state index contributed by atoms with van der Waals surface area (Å²) in [4.78, 5) is 25.1. The Hall–Kier alpha value is -1.31. The number of fused-ring (bicyclic) bond motifs is 1. The molecule has 0 unspecified atom stereocenters. The van der Waals surface area contributed by atoms with E-state index in [-0.39, 0.29) is 32.0 Å². The van der Waals surface area contributed by atoms with Gasteiger partial charge in [0.05, 0.1) is 17.4 Å². The molecular weight excluding hydrogens is 303 g/mol. The zero-order valence-electron chi connectivity index (χ0n) is 12.6. The molecule has 0 aliphatic carbocycles. The lowest BCUT2D eigenvalue weighted by Crippen LogP contribution is -2.45. The van der Waals surface area contributed by atoms with Gasteiger partial charge in [-0.15, -0.1) is 0 Å². The molecule has 2 fully saturated rings. The van der Waals surface area contributed by atoms with Gasteiger partial charge in [0.15, 0.2) is 0 Å². The van der Waals surface area contributed by atoms with E-state index >= 15 is 0 Å². The number of carboxylic acids is 1. The fourth-order valence-corrected chi connectivity index (χ4v) is 3.08. The van der Waals surface area contributed by atoms with Crippen molar-refractivity contribution in [1.82, 2.24) is 4.90 Å². The van der Waals surface area contributed by atoms with Gasteiger partial charge in [0, 0.05) is 32.0 Å². The van der Waals surface area contributed by atoms with Crippen LogP contribution in [0.5, 0.6) is 0 Å². The molecule has 22 heavy (non-hydrogen) atoms. The second-order valence-corrected chi connectivity index (χ2v) is 6.82. The number of alkyl halides is 3. The summed E-state index contributed by atoms with van der Waals surface area (Å²) < 4.78 is 43.9. The number of rotatable bonds is 3. The number of amides is 1. The second kappa shape index (κ2) is 5.40. The predicted molar refractivity (Wildman–Crippen MR) is 70.0 cm³/mol. The topological polar surface area (TPSA) is 66.8 Å². The molecule has 2 heterocycles. The third-order valence-corrected chi connectivity index (χ3v) is 4.85. The van der Waals surface area contributed by atoms with Crippen LogP contribution in [0.2, 0.25) is 0 Å². The first-order chi connectivity index (χ1) is 9.99. The van der Waals surface area contributed by atoms with Crippen molar-refractivity contribution in [3.63, 3.8) is 0 Å². The average Bonchev–Trinajstić information content (AvgIpc) is 2.77. The summed E-state index contributed by atoms with van der Waals surface area (Å²) in [7, 11) is 0. The highest BCUT2D eigenvalue weighted by molar-refractivity contribution is 5.81. The third kappa shape index (κ3) is 2.80. The molecule has 0 bridgehead atoms. The standard InChI is InChI=1S/C14H20F3NO4/c1-12(2,14(15,16)17)5-10(19)18-6-9-7-22-4-3-13(9,8-18)11(20)21/h9H,3-8H2,1-2H3,(H,20,21)/t9-,13+/m0/s1. The highest BCUT2D eigenvalue weighted by Gasteiger charge is 2.56. The number of nitrogens with zero attached hydrogens (tertiary/aromatic N) is 1. The van der Waals surface area contributed by atoms with Crippen LogP contribution < -0.4 is 0 Å². The predicted octanol–water partition coefficient (Wildman–Crippen LogP) is 1.91. The van der Waals surface area contributed by atoms with Crippen molar-refractivity contribution < 1.29 is 32.6 Å². The number of hydrogen-bond acceptors (Lipinski definition) is 3. The molecule has 2 rings (SSSR count). The summed E-state index contributed by atoms with van der Waals surface area (Å²) in [6.45, 7) is 2.56. The van der Waals surface area contributed by atoms with Crippen LogP contribution in [0.15, 0.2) is 0 Å². The molecule has 0 aromatic carbocycles. The number of hydrogen-bond donors (Lipinski definition) is 1. The molecule has 5 nitrogen and oxygen atoms in total. The number of carboxylic acid groups (broad SMARTS) is 1. The van der Waals surface area contributed by atoms with Gasteiger partial charge in [-0.2, -0.15) is 13.2 Å². The molecule has 0 aromatic rings. The van der Waals surface area contributed by atoms with Gasteiger partial charge in [0.1, 0.15) is 0 Å². The van der Waals surface area contributed by atoms with E-state index in [2.05, 4.69) is 0 Å². The lowest BCUT2D eigenvalue weighted by molar-refractivity contribution is -0.215. The van der Waals surface area contributed by atoms with E-state index in [1.807, 2.05) is 0 Å². The number of carbonyl (C=O) groups is 2. The Balaban J connectivity index is 2.12. The molecular formula is C14H20F3NO4. The minimum absolute atomic E-state index is 0.0386. The fraction of sp³-hybridized carbons (Fsp3) is 0.857. The normalized spacial score (nSPS) is 29.3. The van der Waals surface area contributed by atoms with Crippen LogP contribution in [-0.2, 0) is 14.3 Å². The van der Waals surface area contributed by atoms with E-state index in [1.54, 1.807) is 0 Å². The zero-order chi connectivity index (χ0) is 16.8. The first-order valence-corrected chi connectivity index (χ1v) is 7.15. The van der Waals surface area contributed by atoms with Crippen LogP contribution in [0.3, 0.4) is 0 Å². The summed E-state index contributed by atoms with van der Waals surface area (Å²) in [5.41, 5.74) is -3.22. The molecule has 1 N–H and O–H groups in total. The van der Waals surface area contributed by atoms with Crippen LogP contribution in [0.25, 0.3) is 0 Å². The lowest BCUT2D eigenvalue weighted by atomic mass is 9.74. The minimum atomic E-state index is -4.48. The first kappa shape index (κ1) is 17.1. The molecule has 2 atom stereocenters.